The van der Waals surface area contributed by atoms with E-state index in [0.717, 1.165) is 47.2 Å². The largest absolute Gasteiger partial charge is 0.416 e. The van der Waals surface area contributed by atoms with Gasteiger partial charge >= 0.3 is 12.2 Å². The predicted molar refractivity (Wildman–Crippen MR) is 145 cm³/mol. The van der Waals surface area contributed by atoms with E-state index in [4.69, 9.17) is 0 Å². The van der Waals surface area contributed by atoms with E-state index in [1.54, 1.807) is 31.3 Å². The topological polar surface area (TPSA) is 120 Å². The molecule has 2 aromatic carbocycles. The number of rotatable bonds is 7. The van der Waals surface area contributed by atoms with Gasteiger partial charge in [0.2, 0.25) is 10.0 Å². The normalized spacial score (nSPS) is 17.9. The fraction of sp³-hybridized carbons (Fsp3) is 0.296. The van der Waals surface area contributed by atoms with Crippen LogP contribution in [0.25, 0.3) is 11.1 Å². The van der Waals surface area contributed by atoms with Crippen molar-refractivity contribution >= 4 is 33.5 Å². The quantitative estimate of drug-likeness (QED) is 0.383. The monoisotopic (exact) mass is 575 g/mol. The van der Waals surface area contributed by atoms with E-state index in [2.05, 4.69) is 20.3 Å². The lowest BCUT2D eigenvalue weighted by Crippen LogP contribution is -2.62. The van der Waals surface area contributed by atoms with Gasteiger partial charge in [0, 0.05) is 30.5 Å². The number of hydrogen-bond acceptors (Lipinski definition) is 5. The molecule has 1 aromatic heterocycles. The first kappa shape index (κ1) is 29.0. The summed E-state index contributed by atoms with van der Waals surface area (Å²) in [6.45, 7) is 2.09. The lowest BCUT2D eigenvalue weighted by atomic mass is 9.90. The molecule has 3 amide bonds. The van der Waals surface area contributed by atoms with Crippen LogP contribution < -0.4 is 20.3 Å². The third kappa shape index (κ3) is 6.96. The Kier molecular flexibility index (Phi) is 8.17. The van der Waals surface area contributed by atoms with E-state index >= 15 is 0 Å². The van der Waals surface area contributed by atoms with Crippen LogP contribution in [0, 0.1) is 0 Å². The Hall–Kier alpha value is -3.97. The van der Waals surface area contributed by atoms with Crippen molar-refractivity contribution in [2.24, 2.45) is 0 Å². The van der Waals surface area contributed by atoms with Crippen LogP contribution in [0.1, 0.15) is 30.9 Å². The fourth-order valence-electron chi connectivity index (χ4n) is 4.46. The molecule has 0 bridgehead atoms. The molecule has 0 radical (unpaired) electrons. The lowest BCUT2D eigenvalue weighted by Gasteiger charge is -2.39. The predicted octanol–water partition coefficient (Wildman–Crippen LogP) is 4.52. The zero-order valence-electron chi connectivity index (χ0n) is 21.7. The zero-order chi connectivity index (χ0) is 29.1. The number of piperidine rings is 1. The Morgan fingerprint density at radius 2 is 1.77 bits per heavy atom. The lowest BCUT2D eigenvalue weighted by molar-refractivity contribution is -0.137. The number of carbonyl (C=O) groups is 2. The van der Waals surface area contributed by atoms with Crippen LogP contribution >= 0.6 is 0 Å². The first-order chi connectivity index (χ1) is 18.7. The van der Waals surface area contributed by atoms with Crippen LogP contribution in [0.5, 0.6) is 0 Å². The van der Waals surface area contributed by atoms with Crippen molar-refractivity contribution < 1.29 is 31.2 Å². The molecule has 0 aliphatic carbocycles. The number of benzene rings is 2. The highest BCUT2D eigenvalue weighted by atomic mass is 32.2. The van der Waals surface area contributed by atoms with Gasteiger partial charge in [0.15, 0.2) is 0 Å². The van der Waals surface area contributed by atoms with Gasteiger partial charge < -0.3 is 10.6 Å². The minimum atomic E-state index is -4.49. The molecule has 0 spiro atoms. The van der Waals surface area contributed by atoms with Crippen molar-refractivity contribution in [3.05, 3.63) is 78.0 Å². The van der Waals surface area contributed by atoms with Crippen molar-refractivity contribution in [3.63, 3.8) is 0 Å². The van der Waals surface area contributed by atoms with E-state index in [1.165, 1.54) is 4.90 Å². The number of anilines is 2. The Morgan fingerprint density at radius 3 is 2.40 bits per heavy atom. The summed E-state index contributed by atoms with van der Waals surface area (Å²) in [6, 6.07) is 14.0. The first-order valence-electron chi connectivity index (χ1n) is 12.3. The molecule has 40 heavy (non-hydrogen) atoms. The number of urea groups is 1. The number of alkyl halides is 3. The SMILES string of the molecule is C[C@]1(NC(=O)Nc2ccc(C(F)(F)F)cc2)CCCN(c2ccc(-c3ccccc3CNS(C)(=O)=O)cn2)C1=O. The van der Waals surface area contributed by atoms with Crippen LogP contribution in [0.15, 0.2) is 66.9 Å². The highest BCUT2D eigenvalue weighted by Crippen LogP contribution is 2.31. The molecule has 212 valence electrons. The average Bonchev–Trinajstić information content (AvgIpc) is 2.89. The van der Waals surface area contributed by atoms with Gasteiger partial charge in [-0.3, -0.25) is 9.69 Å². The van der Waals surface area contributed by atoms with Gasteiger partial charge in [-0.05, 0) is 67.3 Å². The maximum atomic E-state index is 13.4. The molecule has 3 aromatic rings. The Balaban J connectivity index is 1.45. The molecular weight excluding hydrogens is 547 g/mol. The van der Waals surface area contributed by atoms with Gasteiger partial charge in [-0.1, -0.05) is 24.3 Å². The molecule has 1 fully saturated rings. The number of amides is 3. The Labute approximate surface area is 229 Å². The molecule has 2 heterocycles. The second-order valence-corrected chi connectivity index (χ2v) is 11.5. The molecule has 1 atom stereocenters. The number of nitrogens with zero attached hydrogens (tertiary/aromatic N) is 2. The van der Waals surface area contributed by atoms with E-state index in [1.807, 2.05) is 18.2 Å². The second kappa shape index (κ2) is 11.3. The first-order valence-corrected chi connectivity index (χ1v) is 14.2. The van der Waals surface area contributed by atoms with Crippen LogP contribution in [0.2, 0.25) is 0 Å². The van der Waals surface area contributed by atoms with E-state index < -0.39 is 33.3 Å². The molecule has 1 saturated heterocycles. The summed E-state index contributed by atoms with van der Waals surface area (Å²) < 4.78 is 63.9. The summed E-state index contributed by atoms with van der Waals surface area (Å²) in [5.74, 6) is 0.00990. The van der Waals surface area contributed by atoms with Crippen LogP contribution in [0.4, 0.5) is 29.5 Å². The molecule has 4 rings (SSSR count). The highest BCUT2D eigenvalue weighted by Gasteiger charge is 2.42. The highest BCUT2D eigenvalue weighted by molar-refractivity contribution is 7.88. The van der Waals surface area contributed by atoms with Gasteiger partial charge in [-0.15, -0.1) is 0 Å². The van der Waals surface area contributed by atoms with Crippen molar-refractivity contribution in [2.75, 3.05) is 23.0 Å². The zero-order valence-corrected chi connectivity index (χ0v) is 22.6. The fourth-order valence-corrected chi connectivity index (χ4v) is 4.87. The number of nitrogens with one attached hydrogen (secondary N) is 3. The maximum absolute atomic E-state index is 13.4. The molecule has 1 aliphatic rings. The average molecular weight is 576 g/mol. The summed E-state index contributed by atoms with van der Waals surface area (Å²) in [7, 11) is -3.38. The molecule has 0 saturated carbocycles. The number of hydrogen-bond donors (Lipinski definition) is 3. The van der Waals surface area contributed by atoms with E-state index in [-0.39, 0.29) is 18.1 Å². The van der Waals surface area contributed by atoms with Gasteiger partial charge in [0.1, 0.15) is 11.4 Å². The van der Waals surface area contributed by atoms with E-state index in [0.29, 0.717) is 25.2 Å². The van der Waals surface area contributed by atoms with Gasteiger partial charge in [-0.25, -0.2) is 22.9 Å². The Bertz CT molecular complexity index is 1500. The number of pyridine rings is 1. The van der Waals surface area contributed by atoms with Crippen LogP contribution in [-0.4, -0.2) is 43.7 Å². The molecule has 3 N–H and O–H groups in total. The molecule has 0 unspecified atom stereocenters. The van der Waals surface area contributed by atoms with Crippen LogP contribution in [0.3, 0.4) is 0 Å². The third-order valence-corrected chi connectivity index (χ3v) is 7.18. The van der Waals surface area contributed by atoms with Gasteiger partial charge in [0.25, 0.3) is 5.91 Å². The minimum absolute atomic E-state index is 0.111. The summed E-state index contributed by atoms with van der Waals surface area (Å²) in [4.78, 5) is 32.0. The second-order valence-electron chi connectivity index (χ2n) is 9.70. The maximum Gasteiger partial charge on any atom is 0.416 e. The summed E-state index contributed by atoms with van der Waals surface area (Å²) in [6.07, 6.45) is -0.869. The van der Waals surface area contributed by atoms with Crippen molar-refractivity contribution in [2.45, 2.75) is 38.0 Å². The third-order valence-electron chi connectivity index (χ3n) is 6.51. The summed E-state index contributed by atoms with van der Waals surface area (Å²) in [5, 5.41) is 5.13. The molecule has 1 aliphatic heterocycles. The van der Waals surface area contributed by atoms with Crippen molar-refractivity contribution in [1.82, 2.24) is 15.0 Å². The number of carbonyl (C=O) groups excluding carboxylic acids is 2. The van der Waals surface area contributed by atoms with Gasteiger partial charge in [0.05, 0.1) is 11.8 Å². The molecular formula is C27H28F3N5O4S. The Morgan fingerprint density at radius 1 is 1.07 bits per heavy atom. The smallest absolute Gasteiger partial charge is 0.324 e. The van der Waals surface area contributed by atoms with Crippen molar-refractivity contribution in [1.29, 1.82) is 0 Å². The standard InChI is InChI=1S/C27H28F3N5O4S/c1-26(34-25(37)33-21-11-9-20(10-12-21)27(28,29)30)14-5-15-35(24(26)36)23-13-8-19(16-31-23)22-7-4-3-6-18(22)17-32-40(2,38)39/h3-4,6-13,16,32H,5,14-15,17H2,1-2H3,(H2,33,34,37)/t26-/m0/s1. The minimum Gasteiger partial charge on any atom is -0.324 e. The summed E-state index contributed by atoms with van der Waals surface area (Å²) in [5.41, 5.74) is 0.324. The number of halogens is 3. The number of sulfonamides is 1. The van der Waals surface area contributed by atoms with Gasteiger partial charge in [-0.2, -0.15) is 13.2 Å². The van der Waals surface area contributed by atoms with Crippen LogP contribution in [-0.2, 0) is 27.5 Å². The molecule has 13 heteroatoms. The number of aromatic nitrogens is 1. The van der Waals surface area contributed by atoms with E-state index in [9.17, 15) is 31.2 Å². The van der Waals surface area contributed by atoms with Crippen molar-refractivity contribution in [3.8, 4) is 11.1 Å². The summed E-state index contributed by atoms with van der Waals surface area (Å²) >= 11 is 0. The molecule has 9 nitrogen and oxygen atoms in total.